The molecule has 3 aromatic rings. The number of anilines is 2. The van der Waals surface area contributed by atoms with Crippen molar-refractivity contribution in [2.24, 2.45) is 0 Å². The van der Waals surface area contributed by atoms with Gasteiger partial charge in [0.2, 0.25) is 5.91 Å². The number of carbonyl (C=O) groups excluding carboxylic acids is 3. The van der Waals surface area contributed by atoms with Gasteiger partial charge in [-0.15, -0.1) is 11.3 Å². The van der Waals surface area contributed by atoms with Crippen molar-refractivity contribution in [1.29, 1.82) is 0 Å². The molecule has 28 heavy (non-hydrogen) atoms. The molecule has 0 unspecified atom stereocenters. The maximum Gasteiger partial charge on any atom is 0.255 e. The number of thiophene rings is 1. The predicted octanol–water partition coefficient (Wildman–Crippen LogP) is 4.65. The molecule has 3 rings (SSSR count). The van der Waals surface area contributed by atoms with Gasteiger partial charge in [-0.3, -0.25) is 19.4 Å². The van der Waals surface area contributed by atoms with E-state index < -0.39 is 0 Å². The summed E-state index contributed by atoms with van der Waals surface area (Å²) in [7, 11) is 0. The van der Waals surface area contributed by atoms with Crippen LogP contribution in [0, 0.1) is 0 Å². The molecule has 2 amide bonds. The van der Waals surface area contributed by atoms with E-state index >= 15 is 0 Å². The minimum absolute atomic E-state index is 0.0575. The molecule has 6 nitrogen and oxygen atoms in total. The average Bonchev–Trinajstić information content (AvgIpc) is 3.13. The summed E-state index contributed by atoms with van der Waals surface area (Å²) in [4.78, 5) is 40.8. The third-order valence-corrected chi connectivity index (χ3v) is 5.05. The highest BCUT2D eigenvalue weighted by Crippen LogP contribution is 2.23. The number of nitrogens with zero attached hydrogens (tertiary/aromatic N) is 1. The number of Topliss-reactive ketones (excluding diaryl/α,β-unsaturated/α-hetero) is 1. The zero-order valence-electron chi connectivity index (χ0n) is 14.6. The Balaban J connectivity index is 1.54. The topological polar surface area (TPSA) is 88.2 Å². The molecule has 8 heteroatoms. The summed E-state index contributed by atoms with van der Waals surface area (Å²) in [5, 5.41) is 5.49. The second kappa shape index (κ2) is 9.25. The van der Waals surface area contributed by atoms with Gasteiger partial charge >= 0.3 is 0 Å². The van der Waals surface area contributed by atoms with Crippen LogP contribution in [0.3, 0.4) is 0 Å². The second-order valence-electron chi connectivity index (χ2n) is 5.85. The van der Waals surface area contributed by atoms with Crippen LogP contribution in [0.4, 0.5) is 11.4 Å². The van der Waals surface area contributed by atoms with Gasteiger partial charge in [0.1, 0.15) is 0 Å². The van der Waals surface area contributed by atoms with E-state index in [0.717, 1.165) is 0 Å². The van der Waals surface area contributed by atoms with E-state index in [9.17, 15) is 14.4 Å². The van der Waals surface area contributed by atoms with Gasteiger partial charge in [0.25, 0.3) is 5.91 Å². The number of carbonyl (C=O) groups is 3. The largest absolute Gasteiger partial charge is 0.326 e. The van der Waals surface area contributed by atoms with Gasteiger partial charge in [-0.2, -0.15) is 0 Å². The first kappa shape index (κ1) is 19.7. The Kier molecular flexibility index (Phi) is 6.52. The minimum atomic E-state index is -0.284. The highest BCUT2D eigenvalue weighted by atomic mass is 35.5. The Bertz CT molecular complexity index is 1000. The molecule has 0 aliphatic rings. The first-order valence-electron chi connectivity index (χ1n) is 8.41. The minimum Gasteiger partial charge on any atom is -0.326 e. The molecule has 1 aromatic carbocycles. The van der Waals surface area contributed by atoms with E-state index in [1.807, 2.05) is 0 Å². The summed E-state index contributed by atoms with van der Waals surface area (Å²) in [6, 6.07) is 13.3. The lowest BCUT2D eigenvalue weighted by molar-refractivity contribution is -0.116. The van der Waals surface area contributed by atoms with Crippen LogP contribution in [0.1, 0.15) is 32.9 Å². The van der Waals surface area contributed by atoms with Crippen LogP contribution in [-0.2, 0) is 4.79 Å². The zero-order valence-corrected chi connectivity index (χ0v) is 16.2. The van der Waals surface area contributed by atoms with Crippen molar-refractivity contribution in [3.8, 4) is 0 Å². The number of benzene rings is 1. The van der Waals surface area contributed by atoms with Crippen molar-refractivity contribution >= 4 is 51.9 Å². The lowest BCUT2D eigenvalue weighted by atomic mass is 10.2. The van der Waals surface area contributed by atoms with Crippen LogP contribution in [0.15, 0.2) is 60.9 Å². The number of hydrogen-bond acceptors (Lipinski definition) is 5. The SMILES string of the molecule is O=C(CCC(=O)c1ccc(Cl)s1)Nc1cccc(NC(=O)c2ccncc2)c1. The molecule has 0 bridgehead atoms. The number of amides is 2. The maximum atomic E-state index is 12.2. The standard InChI is InChI=1S/C20H16ClN3O3S/c21-18-6-5-17(28-18)16(25)4-7-19(26)23-14-2-1-3-15(12-14)24-20(27)13-8-10-22-11-9-13/h1-3,5-6,8-12H,4,7H2,(H,23,26)(H,24,27). The second-order valence-corrected chi connectivity index (χ2v) is 7.56. The van der Waals surface area contributed by atoms with Crippen LogP contribution < -0.4 is 10.6 Å². The molecule has 0 radical (unpaired) electrons. The first-order chi connectivity index (χ1) is 13.5. The number of pyridine rings is 1. The number of ketones is 1. The molecule has 2 aromatic heterocycles. The fourth-order valence-corrected chi connectivity index (χ4v) is 3.43. The third-order valence-electron chi connectivity index (χ3n) is 3.77. The average molecular weight is 414 g/mol. The fourth-order valence-electron chi connectivity index (χ4n) is 2.42. The number of halogens is 1. The molecule has 2 N–H and O–H groups in total. The molecular formula is C20H16ClN3O3S. The van der Waals surface area contributed by atoms with Crippen molar-refractivity contribution in [3.63, 3.8) is 0 Å². The first-order valence-corrected chi connectivity index (χ1v) is 9.60. The summed E-state index contributed by atoms with van der Waals surface area (Å²) in [6.45, 7) is 0. The molecule has 0 fully saturated rings. The van der Waals surface area contributed by atoms with E-state index in [1.54, 1.807) is 48.5 Å². The van der Waals surface area contributed by atoms with Crippen molar-refractivity contribution in [3.05, 3.63) is 75.7 Å². The van der Waals surface area contributed by atoms with Crippen LogP contribution in [0.5, 0.6) is 0 Å². The molecule has 2 heterocycles. The van der Waals surface area contributed by atoms with E-state index in [0.29, 0.717) is 26.2 Å². The van der Waals surface area contributed by atoms with Gasteiger partial charge in [-0.05, 0) is 42.5 Å². The van der Waals surface area contributed by atoms with E-state index in [2.05, 4.69) is 15.6 Å². The van der Waals surface area contributed by atoms with Gasteiger partial charge in [0.05, 0.1) is 9.21 Å². The molecule has 0 aliphatic carbocycles. The zero-order chi connectivity index (χ0) is 19.9. The lowest BCUT2D eigenvalue weighted by Gasteiger charge is -2.09. The van der Waals surface area contributed by atoms with Crippen molar-refractivity contribution in [1.82, 2.24) is 4.98 Å². The third kappa shape index (κ3) is 5.48. The number of aromatic nitrogens is 1. The highest BCUT2D eigenvalue weighted by molar-refractivity contribution is 7.18. The Morgan fingerprint density at radius 3 is 2.32 bits per heavy atom. The van der Waals surface area contributed by atoms with Gasteiger partial charge in [0, 0.05) is 42.2 Å². The van der Waals surface area contributed by atoms with E-state index in [1.165, 1.54) is 23.7 Å². The summed E-state index contributed by atoms with van der Waals surface area (Å²) in [5.41, 5.74) is 1.56. The Morgan fingerprint density at radius 1 is 0.929 bits per heavy atom. The summed E-state index contributed by atoms with van der Waals surface area (Å²) < 4.78 is 0.540. The Morgan fingerprint density at radius 2 is 1.64 bits per heavy atom. The summed E-state index contributed by atoms with van der Waals surface area (Å²) in [6.07, 6.45) is 3.23. The fraction of sp³-hybridized carbons (Fsp3) is 0.100. The van der Waals surface area contributed by atoms with Crippen LogP contribution >= 0.6 is 22.9 Å². The molecule has 142 valence electrons. The molecule has 0 aliphatic heterocycles. The normalized spacial score (nSPS) is 10.3. The number of hydrogen-bond donors (Lipinski definition) is 2. The molecule has 0 atom stereocenters. The summed E-state index contributed by atoms with van der Waals surface area (Å²) >= 11 is 7.02. The van der Waals surface area contributed by atoms with Crippen molar-refractivity contribution in [2.45, 2.75) is 12.8 Å². The monoisotopic (exact) mass is 413 g/mol. The van der Waals surface area contributed by atoms with Crippen LogP contribution in [0.25, 0.3) is 0 Å². The highest BCUT2D eigenvalue weighted by Gasteiger charge is 2.12. The maximum absolute atomic E-state index is 12.2. The van der Waals surface area contributed by atoms with E-state index in [-0.39, 0.29) is 30.4 Å². The van der Waals surface area contributed by atoms with Crippen LogP contribution in [0.2, 0.25) is 4.34 Å². The molecule has 0 spiro atoms. The Labute approximate surface area is 170 Å². The number of rotatable bonds is 7. The van der Waals surface area contributed by atoms with Gasteiger partial charge < -0.3 is 10.6 Å². The quantitative estimate of drug-likeness (QED) is 0.552. The lowest BCUT2D eigenvalue weighted by Crippen LogP contribution is -2.14. The molecule has 0 saturated heterocycles. The van der Waals surface area contributed by atoms with Gasteiger partial charge in [0.15, 0.2) is 5.78 Å². The van der Waals surface area contributed by atoms with Crippen LogP contribution in [-0.4, -0.2) is 22.6 Å². The molecular weight excluding hydrogens is 398 g/mol. The predicted molar refractivity (Wildman–Crippen MR) is 110 cm³/mol. The van der Waals surface area contributed by atoms with Crippen molar-refractivity contribution in [2.75, 3.05) is 10.6 Å². The molecule has 0 saturated carbocycles. The summed E-state index contributed by atoms with van der Waals surface area (Å²) in [5.74, 6) is -0.676. The van der Waals surface area contributed by atoms with Gasteiger partial charge in [-0.25, -0.2) is 0 Å². The van der Waals surface area contributed by atoms with Gasteiger partial charge in [-0.1, -0.05) is 17.7 Å². The smallest absolute Gasteiger partial charge is 0.255 e. The number of nitrogens with one attached hydrogen (secondary N) is 2. The Hall–Kier alpha value is -3.03. The van der Waals surface area contributed by atoms with E-state index in [4.69, 9.17) is 11.6 Å². The van der Waals surface area contributed by atoms with Crippen molar-refractivity contribution < 1.29 is 14.4 Å².